The molecule has 1 heterocycles. The van der Waals surface area contributed by atoms with Crippen LogP contribution in [-0.4, -0.2) is 34.8 Å². The van der Waals surface area contributed by atoms with E-state index in [2.05, 4.69) is 15.6 Å². The number of rotatable bonds is 8. The lowest BCUT2D eigenvalue weighted by Crippen LogP contribution is -2.48. The lowest BCUT2D eigenvalue weighted by atomic mass is 9.89. The Morgan fingerprint density at radius 3 is 2.81 bits per heavy atom. The summed E-state index contributed by atoms with van der Waals surface area (Å²) in [6.45, 7) is 8.62. The third-order valence-corrected chi connectivity index (χ3v) is 4.83. The van der Waals surface area contributed by atoms with E-state index in [9.17, 15) is 9.90 Å². The first-order valence-corrected chi connectivity index (χ1v) is 8.38. The summed E-state index contributed by atoms with van der Waals surface area (Å²) in [5.41, 5.74) is 0.179. The van der Waals surface area contributed by atoms with Crippen LogP contribution in [0.15, 0.2) is 5.38 Å². The highest BCUT2D eigenvalue weighted by Crippen LogP contribution is 2.18. The monoisotopic (exact) mass is 313 g/mol. The van der Waals surface area contributed by atoms with Crippen molar-refractivity contribution in [2.24, 2.45) is 5.92 Å². The van der Waals surface area contributed by atoms with Gasteiger partial charge in [-0.25, -0.2) is 9.78 Å². The van der Waals surface area contributed by atoms with Crippen LogP contribution in [0.4, 0.5) is 4.79 Å². The summed E-state index contributed by atoms with van der Waals surface area (Å²) < 4.78 is 0. The molecule has 0 spiro atoms. The van der Waals surface area contributed by atoms with E-state index in [0.717, 1.165) is 30.0 Å². The zero-order valence-corrected chi connectivity index (χ0v) is 14.2. The Bertz CT molecular complexity index is 446. The van der Waals surface area contributed by atoms with Gasteiger partial charge >= 0.3 is 6.03 Å². The SMILES string of the molecule is CCC(C)C(C)(O)CNC(=O)NCCCc1nc(C)cs1. The van der Waals surface area contributed by atoms with Crippen LogP contribution < -0.4 is 10.6 Å². The normalized spacial score (nSPS) is 15.3. The van der Waals surface area contributed by atoms with Crippen molar-refractivity contribution in [1.29, 1.82) is 0 Å². The van der Waals surface area contributed by atoms with Crippen LogP contribution in [0.2, 0.25) is 0 Å². The fourth-order valence-corrected chi connectivity index (χ4v) is 2.71. The maximum Gasteiger partial charge on any atom is 0.314 e. The maximum absolute atomic E-state index is 11.7. The van der Waals surface area contributed by atoms with Crippen molar-refractivity contribution in [3.8, 4) is 0 Å². The van der Waals surface area contributed by atoms with Crippen LogP contribution in [0.25, 0.3) is 0 Å². The minimum absolute atomic E-state index is 0.144. The number of nitrogens with one attached hydrogen (secondary N) is 2. The summed E-state index contributed by atoms with van der Waals surface area (Å²) in [4.78, 5) is 16.1. The average molecular weight is 313 g/mol. The first-order valence-electron chi connectivity index (χ1n) is 7.50. The van der Waals surface area contributed by atoms with Gasteiger partial charge in [-0.05, 0) is 26.2 Å². The fourth-order valence-electron chi connectivity index (χ4n) is 1.89. The largest absolute Gasteiger partial charge is 0.388 e. The van der Waals surface area contributed by atoms with E-state index in [4.69, 9.17) is 0 Å². The van der Waals surface area contributed by atoms with Gasteiger partial charge in [-0.15, -0.1) is 11.3 Å². The van der Waals surface area contributed by atoms with Crippen LogP contribution in [0.1, 0.15) is 44.3 Å². The Morgan fingerprint density at radius 1 is 1.52 bits per heavy atom. The Balaban J connectivity index is 2.16. The van der Waals surface area contributed by atoms with Crippen LogP contribution in [0.3, 0.4) is 0 Å². The predicted octanol–water partition coefficient (Wildman–Crippen LogP) is 2.48. The second kappa shape index (κ2) is 8.34. The molecule has 0 radical (unpaired) electrons. The summed E-state index contributed by atoms with van der Waals surface area (Å²) in [5, 5.41) is 18.9. The molecule has 2 unspecified atom stereocenters. The molecule has 0 aromatic carbocycles. The van der Waals surface area contributed by atoms with Crippen LogP contribution in [0.5, 0.6) is 0 Å². The summed E-state index contributed by atoms with van der Waals surface area (Å²) in [7, 11) is 0. The van der Waals surface area contributed by atoms with E-state index in [1.807, 2.05) is 26.2 Å². The Morgan fingerprint density at radius 2 is 2.24 bits per heavy atom. The van der Waals surface area contributed by atoms with Crippen molar-refractivity contribution in [2.45, 2.75) is 52.6 Å². The Hall–Kier alpha value is -1.14. The summed E-state index contributed by atoms with van der Waals surface area (Å²) >= 11 is 1.66. The van der Waals surface area contributed by atoms with Crippen LogP contribution in [0, 0.1) is 12.8 Å². The number of nitrogens with zero attached hydrogens (tertiary/aromatic N) is 1. The van der Waals surface area contributed by atoms with Gasteiger partial charge in [0.05, 0.1) is 10.6 Å². The lowest BCUT2D eigenvalue weighted by molar-refractivity contribution is 0.00791. The number of aromatic nitrogens is 1. The van der Waals surface area contributed by atoms with Crippen LogP contribution in [-0.2, 0) is 6.42 Å². The molecular formula is C15H27N3O2S. The summed E-state index contributed by atoms with van der Waals surface area (Å²) in [6, 6.07) is -0.228. The standard InChI is InChI=1S/C15H27N3O2S/c1-5-11(2)15(4,20)10-17-14(19)16-8-6-7-13-18-12(3)9-21-13/h9,11,20H,5-8,10H2,1-4H3,(H2,16,17,19). The van der Waals surface area contributed by atoms with E-state index in [1.54, 1.807) is 18.3 Å². The summed E-state index contributed by atoms with van der Waals surface area (Å²) in [5.74, 6) is 0.144. The molecule has 6 heteroatoms. The third kappa shape index (κ3) is 6.44. The fraction of sp³-hybridized carbons (Fsp3) is 0.733. The molecular weight excluding hydrogens is 286 g/mol. The van der Waals surface area contributed by atoms with Crippen molar-refractivity contribution in [2.75, 3.05) is 13.1 Å². The van der Waals surface area contributed by atoms with Gasteiger partial charge in [-0.1, -0.05) is 20.3 Å². The van der Waals surface area contributed by atoms with Gasteiger partial charge in [0.1, 0.15) is 0 Å². The molecule has 2 amide bonds. The Kier molecular flexibility index (Phi) is 7.11. The van der Waals surface area contributed by atoms with Gasteiger partial charge < -0.3 is 15.7 Å². The number of amides is 2. The quantitative estimate of drug-likeness (QED) is 0.646. The molecule has 0 aliphatic carbocycles. The minimum Gasteiger partial charge on any atom is -0.388 e. The summed E-state index contributed by atoms with van der Waals surface area (Å²) in [6.07, 6.45) is 2.62. The highest BCUT2D eigenvalue weighted by atomic mass is 32.1. The number of hydrogen-bond acceptors (Lipinski definition) is 4. The smallest absolute Gasteiger partial charge is 0.314 e. The number of urea groups is 1. The van der Waals surface area contributed by atoms with Gasteiger partial charge in [0.15, 0.2) is 0 Å². The van der Waals surface area contributed by atoms with Crippen molar-refractivity contribution < 1.29 is 9.90 Å². The zero-order chi connectivity index (χ0) is 15.9. The molecule has 1 aromatic heterocycles. The first kappa shape index (κ1) is 17.9. The van der Waals surface area contributed by atoms with Crippen molar-refractivity contribution in [3.63, 3.8) is 0 Å². The van der Waals surface area contributed by atoms with Gasteiger partial charge in [-0.2, -0.15) is 0 Å². The van der Waals surface area contributed by atoms with Crippen molar-refractivity contribution in [3.05, 3.63) is 16.1 Å². The zero-order valence-electron chi connectivity index (χ0n) is 13.4. The number of thiazole rings is 1. The lowest BCUT2D eigenvalue weighted by Gasteiger charge is -2.29. The second-order valence-electron chi connectivity index (χ2n) is 5.76. The number of carbonyl (C=O) groups is 1. The molecule has 0 aliphatic heterocycles. The highest BCUT2D eigenvalue weighted by Gasteiger charge is 2.27. The van der Waals surface area contributed by atoms with Crippen molar-refractivity contribution >= 4 is 17.4 Å². The maximum atomic E-state index is 11.7. The van der Waals surface area contributed by atoms with E-state index >= 15 is 0 Å². The number of hydrogen-bond donors (Lipinski definition) is 3. The third-order valence-electron chi connectivity index (χ3n) is 3.80. The number of carbonyl (C=O) groups excluding carboxylic acids is 1. The van der Waals surface area contributed by atoms with E-state index in [1.165, 1.54) is 0 Å². The van der Waals surface area contributed by atoms with Gasteiger partial charge in [0, 0.05) is 30.6 Å². The average Bonchev–Trinajstić information content (AvgIpc) is 2.86. The molecule has 1 rings (SSSR count). The number of aliphatic hydroxyl groups is 1. The highest BCUT2D eigenvalue weighted by molar-refractivity contribution is 7.09. The number of aryl methyl sites for hydroxylation is 2. The molecule has 21 heavy (non-hydrogen) atoms. The molecule has 0 saturated heterocycles. The molecule has 2 atom stereocenters. The Labute approximate surface area is 131 Å². The molecule has 0 fully saturated rings. The molecule has 0 aliphatic rings. The van der Waals surface area contributed by atoms with Gasteiger partial charge in [-0.3, -0.25) is 0 Å². The minimum atomic E-state index is -0.871. The van der Waals surface area contributed by atoms with E-state index in [0.29, 0.717) is 6.54 Å². The molecule has 0 bridgehead atoms. The van der Waals surface area contributed by atoms with E-state index in [-0.39, 0.29) is 18.5 Å². The van der Waals surface area contributed by atoms with Crippen LogP contribution >= 0.6 is 11.3 Å². The predicted molar refractivity (Wildman–Crippen MR) is 86.7 cm³/mol. The van der Waals surface area contributed by atoms with Gasteiger partial charge in [0.25, 0.3) is 0 Å². The second-order valence-corrected chi connectivity index (χ2v) is 6.70. The van der Waals surface area contributed by atoms with E-state index < -0.39 is 5.60 Å². The first-order chi connectivity index (χ1) is 9.85. The molecule has 5 nitrogen and oxygen atoms in total. The molecule has 3 N–H and O–H groups in total. The topological polar surface area (TPSA) is 74.2 Å². The van der Waals surface area contributed by atoms with Crippen molar-refractivity contribution in [1.82, 2.24) is 15.6 Å². The molecule has 0 saturated carbocycles. The molecule has 120 valence electrons. The molecule has 1 aromatic rings. The van der Waals surface area contributed by atoms with Gasteiger partial charge in [0.2, 0.25) is 0 Å².